The monoisotopic (exact) mass is 147 g/mol. The Morgan fingerprint density at radius 1 is 1.55 bits per heavy atom. The van der Waals surface area contributed by atoms with Crippen LogP contribution in [0.15, 0.2) is 18.5 Å². The third-order valence-electron chi connectivity index (χ3n) is 2.03. The van der Waals surface area contributed by atoms with E-state index >= 15 is 0 Å². The average molecular weight is 147 g/mol. The lowest BCUT2D eigenvalue weighted by atomic mass is 10.1. The Kier molecular flexibility index (Phi) is 1.46. The highest BCUT2D eigenvalue weighted by Gasteiger charge is 2.25. The molecule has 0 amide bonds. The van der Waals surface area contributed by atoms with E-state index in [-0.39, 0.29) is 0 Å². The van der Waals surface area contributed by atoms with Gasteiger partial charge in [0.2, 0.25) is 0 Å². The zero-order valence-electron chi connectivity index (χ0n) is 6.16. The molecule has 1 aliphatic carbocycles. The molecular formula is C9H9NO. The second-order valence-corrected chi connectivity index (χ2v) is 2.90. The first-order valence-electron chi connectivity index (χ1n) is 3.81. The van der Waals surface area contributed by atoms with Crippen LogP contribution in [-0.2, 0) is 0 Å². The first-order chi connectivity index (χ1) is 5.42. The molecular weight excluding hydrogens is 138 g/mol. The SMILES string of the molecule is O=Cc1cnccc1C1CC1. The van der Waals surface area contributed by atoms with Gasteiger partial charge in [-0.25, -0.2) is 0 Å². The van der Waals surface area contributed by atoms with Crippen molar-refractivity contribution >= 4 is 6.29 Å². The van der Waals surface area contributed by atoms with E-state index in [1.807, 2.05) is 6.07 Å². The van der Waals surface area contributed by atoms with Crippen molar-refractivity contribution < 1.29 is 4.79 Å². The predicted molar refractivity (Wildman–Crippen MR) is 41.6 cm³/mol. The fourth-order valence-electron chi connectivity index (χ4n) is 1.28. The fourth-order valence-corrected chi connectivity index (χ4v) is 1.28. The molecule has 2 nitrogen and oxygen atoms in total. The second-order valence-electron chi connectivity index (χ2n) is 2.90. The van der Waals surface area contributed by atoms with Gasteiger partial charge in [0.05, 0.1) is 0 Å². The smallest absolute Gasteiger partial charge is 0.151 e. The number of hydrogen-bond donors (Lipinski definition) is 0. The summed E-state index contributed by atoms with van der Waals surface area (Å²) in [6, 6.07) is 1.95. The van der Waals surface area contributed by atoms with Crippen molar-refractivity contribution in [3.63, 3.8) is 0 Å². The predicted octanol–water partition coefficient (Wildman–Crippen LogP) is 1.77. The van der Waals surface area contributed by atoms with E-state index in [0.29, 0.717) is 5.92 Å². The topological polar surface area (TPSA) is 30.0 Å². The van der Waals surface area contributed by atoms with Crippen molar-refractivity contribution in [2.45, 2.75) is 18.8 Å². The van der Waals surface area contributed by atoms with E-state index in [9.17, 15) is 4.79 Å². The van der Waals surface area contributed by atoms with E-state index in [1.54, 1.807) is 12.4 Å². The van der Waals surface area contributed by atoms with Crippen LogP contribution in [0.5, 0.6) is 0 Å². The first-order valence-corrected chi connectivity index (χ1v) is 3.81. The molecule has 2 rings (SSSR count). The van der Waals surface area contributed by atoms with Crippen molar-refractivity contribution in [1.82, 2.24) is 4.98 Å². The third kappa shape index (κ3) is 1.16. The highest BCUT2D eigenvalue weighted by Crippen LogP contribution is 2.40. The van der Waals surface area contributed by atoms with Crippen LogP contribution in [0, 0.1) is 0 Å². The standard InChI is InChI=1S/C9H9NO/c11-6-8-5-10-4-3-9(8)7-1-2-7/h3-7H,1-2H2. The minimum atomic E-state index is 0.637. The number of hydrogen-bond acceptors (Lipinski definition) is 2. The Morgan fingerprint density at radius 2 is 2.36 bits per heavy atom. The maximum absolute atomic E-state index is 10.5. The highest BCUT2D eigenvalue weighted by atomic mass is 16.1. The number of rotatable bonds is 2. The summed E-state index contributed by atoms with van der Waals surface area (Å²) < 4.78 is 0. The van der Waals surface area contributed by atoms with Crippen molar-refractivity contribution in [3.05, 3.63) is 29.6 Å². The lowest BCUT2D eigenvalue weighted by Crippen LogP contribution is -1.90. The molecule has 1 heterocycles. The van der Waals surface area contributed by atoms with Crippen LogP contribution in [-0.4, -0.2) is 11.3 Å². The van der Waals surface area contributed by atoms with Gasteiger partial charge in [-0.2, -0.15) is 0 Å². The molecule has 2 heteroatoms. The number of nitrogens with zero attached hydrogens (tertiary/aromatic N) is 1. The van der Waals surface area contributed by atoms with E-state index in [2.05, 4.69) is 4.98 Å². The minimum Gasteiger partial charge on any atom is -0.298 e. The Morgan fingerprint density at radius 3 is 3.00 bits per heavy atom. The van der Waals surface area contributed by atoms with Gasteiger partial charge < -0.3 is 0 Å². The van der Waals surface area contributed by atoms with Crippen molar-refractivity contribution in [1.29, 1.82) is 0 Å². The molecule has 1 aromatic heterocycles. The van der Waals surface area contributed by atoms with Gasteiger partial charge in [-0.05, 0) is 30.4 Å². The minimum absolute atomic E-state index is 0.637. The number of aldehydes is 1. The third-order valence-corrected chi connectivity index (χ3v) is 2.03. The summed E-state index contributed by atoms with van der Waals surface area (Å²) in [5.74, 6) is 0.637. The molecule has 0 bridgehead atoms. The zero-order valence-corrected chi connectivity index (χ0v) is 6.16. The van der Waals surface area contributed by atoms with Crippen LogP contribution < -0.4 is 0 Å². The normalized spacial score (nSPS) is 16.4. The van der Waals surface area contributed by atoms with Crippen molar-refractivity contribution in [2.75, 3.05) is 0 Å². The van der Waals surface area contributed by atoms with Crippen molar-refractivity contribution in [2.24, 2.45) is 0 Å². The number of aromatic nitrogens is 1. The molecule has 0 radical (unpaired) electrons. The maximum Gasteiger partial charge on any atom is 0.151 e. The molecule has 0 spiro atoms. The average Bonchev–Trinajstić information content (AvgIpc) is 2.87. The van der Waals surface area contributed by atoms with Crippen LogP contribution in [0.1, 0.15) is 34.7 Å². The molecule has 0 aromatic carbocycles. The Bertz CT molecular complexity index is 279. The summed E-state index contributed by atoms with van der Waals surface area (Å²) in [5.41, 5.74) is 1.94. The van der Waals surface area contributed by atoms with Crippen LogP contribution in [0.3, 0.4) is 0 Å². The maximum atomic E-state index is 10.5. The summed E-state index contributed by atoms with van der Waals surface area (Å²) in [4.78, 5) is 14.4. The zero-order chi connectivity index (χ0) is 7.68. The summed E-state index contributed by atoms with van der Waals surface area (Å²) in [6.45, 7) is 0. The summed E-state index contributed by atoms with van der Waals surface area (Å²) >= 11 is 0. The van der Waals surface area contributed by atoms with Crippen LogP contribution in [0.2, 0.25) is 0 Å². The molecule has 0 unspecified atom stereocenters. The Balaban J connectivity index is 2.42. The molecule has 1 aromatic rings. The fraction of sp³-hybridized carbons (Fsp3) is 0.333. The quantitative estimate of drug-likeness (QED) is 0.597. The molecule has 56 valence electrons. The Hall–Kier alpha value is -1.18. The van der Waals surface area contributed by atoms with Crippen LogP contribution >= 0.6 is 0 Å². The molecule has 0 N–H and O–H groups in total. The molecule has 1 aliphatic rings. The lowest BCUT2D eigenvalue weighted by Gasteiger charge is -1.98. The summed E-state index contributed by atoms with van der Waals surface area (Å²) in [6.07, 6.45) is 6.73. The molecule has 1 saturated carbocycles. The van der Waals surface area contributed by atoms with Gasteiger partial charge in [0.1, 0.15) is 0 Å². The summed E-state index contributed by atoms with van der Waals surface area (Å²) in [7, 11) is 0. The van der Waals surface area contributed by atoms with Gasteiger partial charge in [-0.15, -0.1) is 0 Å². The molecule has 11 heavy (non-hydrogen) atoms. The first kappa shape index (κ1) is 6.53. The number of pyridine rings is 1. The Labute approximate surface area is 65.3 Å². The van der Waals surface area contributed by atoms with E-state index in [4.69, 9.17) is 0 Å². The van der Waals surface area contributed by atoms with Gasteiger partial charge >= 0.3 is 0 Å². The second kappa shape index (κ2) is 2.46. The van der Waals surface area contributed by atoms with Crippen LogP contribution in [0.25, 0.3) is 0 Å². The number of carbonyl (C=O) groups is 1. The summed E-state index contributed by atoms with van der Waals surface area (Å²) in [5, 5.41) is 0. The van der Waals surface area contributed by atoms with Gasteiger partial charge in [-0.1, -0.05) is 0 Å². The van der Waals surface area contributed by atoms with E-state index < -0.39 is 0 Å². The molecule has 1 fully saturated rings. The van der Waals surface area contributed by atoms with Crippen molar-refractivity contribution in [3.8, 4) is 0 Å². The molecule has 0 saturated heterocycles. The molecule has 0 aliphatic heterocycles. The van der Waals surface area contributed by atoms with Crippen LogP contribution in [0.4, 0.5) is 0 Å². The van der Waals surface area contributed by atoms with Gasteiger partial charge in [0, 0.05) is 18.0 Å². The van der Waals surface area contributed by atoms with Gasteiger partial charge in [0.25, 0.3) is 0 Å². The van der Waals surface area contributed by atoms with Gasteiger partial charge in [0.15, 0.2) is 6.29 Å². The van der Waals surface area contributed by atoms with Gasteiger partial charge in [-0.3, -0.25) is 9.78 Å². The van der Waals surface area contributed by atoms with E-state index in [0.717, 1.165) is 11.8 Å². The highest BCUT2D eigenvalue weighted by molar-refractivity contribution is 5.77. The lowest BCUT2D eigenvalue weighted by molar-refractivity contribution is 0.112. The largest absolute Gasteiger partial charge is 0.298 e. The van der Waals surface area contributed by atoms with E-state index in [1.165, 1.54) is 18.4 Å². The molecule has 0 atom stereocenters. The number of carbonyl (C=O) groups excluding carboxylic acids is 1.